The normalized spacial score (nSPS) is 17.4. The van der Waals surface area contributed by atoms with E-state index in [1.165, 1.54) is 4.18 Å². The predicted molar refractivity (Wildman–Crippen MR) is 78.7 cm³/mol. The molecule has 0 N–H and O–H groups in total. The summed E-state index contributed by atoms with van der Waals surface area (Å²) in [6.07, 6.45) is -46.4. The molecule has 0 saturated carbocycles. The highest BCUT2D eigenvalue weighted by Crippen LogP contribution is 2.61. The van der Waals surface area contributed by atoms with Crippen LogP contribution in [0.5, 0.6) is 0 Å². The first-order valence-corrected chi connectivity index (χ1v) is 10.6. The first-order valence-electron chi connectivity index (χ1n) is 9.18. The van der Waals surface area contributed by atoms with Crippen LogP contribution in [0.4, 0.5) is 119 Å². The molecule has 0 aliphatic rings. The minimum atomic E-state index is -9.17. The monoisotopic (exact) mass is 782 g/mol. The average Bonchev–Trinajstić information content (AvgIpc) is 2.74. The van der Waals surface area contributed by atoms with Gasteiger partial charge in [0, 0.05) is 0 Å². The van der Waals surface area contributed by atoms with Crippen LogP contribution in [-0.2, 0) is 23.8 Å². The van der Waals surface area contributed by atoms with Crippen LogP contribution in [0, 0.1) is 0 Å². The Bertz CT molecular complexity index is 1200. The van der Waals surface area contributed by atoms with Gasteiger partial charge in [-0.25, -0.2) is 18.0 Å². The van der Waals surface area contributed by atoms with Gasteiger partial charge in [-0.1, -0.05) is 0 Å². The van der Waals surface area contributed by atoms with Gasteiger partial charge < -0.3 is 0 Å². The van der Waals surface area contributed by atoms with Crippen LogP contribution in [0.25, 0.3) is 0 Å². The van der Waals surface area contributed by atoms with E-state index in [4.69, 9.17) is 0 Å². The first-order chi connectivity index (χ1) is 19.3. The molecule has 46 heavy (non-hydrogen) atoms. The maximum atomic E-state index is 13.6. The zero-order chi connectivity index (χ0) is 38.2. The van der Waals surface area contributed by atoms with Crippen molar-refractivity contribution in [3.63, 3.8) is 0 Å². The fraction of sp³-hybridized carbons (Fsp3) is 1.00. The Morgan fingerprint density at radius 2 is 0.761 bits per heavy atom. The Balaban J connectivity index is 6.79. The summed E-state index contributed by atoms with van der Waals surface area (Å²) in [4.78, 5) is 0. The smallest absolute Gasteiger partial charge is 0.243 e. The molecule has 278 valence electrons. The molecule has 1 unspecified atom stereocenters. The Kier molecular flexibility index (Phi) is 10.7. The van der Waals surface area contributed by atoms with Crippen LogP contribution in [0.1, 0.15) is 0 Å². The van der Waals surface area contributed by atoms with E-state index in [0.717, 1.165) is 9.47 Å². The predicted octanol–water partition coefficient (Wildman–Crippen LogP) is 7.93. The topological polar surface area (TPSA) is 61.8 Å². The van der Waals surface area contributed by atoms with Crippen molar-refractivity contribution in [2.45, 2.75) is 78.0 Å². The zero-order valence-electron chi connectivity index (χ0n) is 19.2. The third kappa shape index (κ3) is 6.76. The number of ether oxygens (including phenoxy) is 2. The van der Waals surface area contributed by atoms with Crippen molar-refractivity contribution >= 4 is 10.1 Å². The van der Waals surface area contributed by atoms with Gasteiger partial charge >= 0.3 is 81.8 Å². The van der Waals surface area contributed by atoms with Gasteiger partial charge in [-0.15, -0.1) is 13.2 Å². The van der Waals surface area contributed by atoms with Gasteiger partial charge in [-0.2, -0.15) is 109 Å². The molecule has 0 aromatic rings. The van der Waals surface area contributed by atoms with E-state index in [1.807, 2.05) is 0 Å². The van der Waals surface area contributed by atoms with Crippen LogP contribution in [0.3, 0.4) is 0 Å². The van der Waals surface area contributed by atoms with Crippen LogP contribution in [-0.4, -0.2) is 86.4 Å². The molecule has 5 nitrogen and oxygen atoms in total. The summed E-state index contributed by atoms with van der Waals surface area (Å²) >= 11 is 0. The fourth-order valence-electron chi connectivity index (χ4n) is 1.97. The molecule has 1 atom stereocenters. The minimum Gasteiger partial charge on any atom is -0.243 e. The van der Waals surface area contributed by atoms with Crippen LogP contribution in [0.15, 0.2) is 0 Å². The molecule has 0 aliphatic heterocycles. The lowest BCUT2D eigenvalue weighted by atomic mass is 9.97. The third-order valence-corrected chi connectivity index (χ3v) is 5.64. The van der Waals surface area contributed by atoms with Crippen molar-refractivity contribution in [2.24, 2.45) is 0 Å². The van der Waals surface area contributed by atoms with Gasteiger partial charge in [0.05, 0.1) is 0 Å². The molecule has 0 aliphatic carbocycles. The van der Waals surface area contributed by atoms with E-state index in [-0.39, 0.29) is 0 Å². The van der Waals surface area contributed by atoms with Crippen molar-refractivity contribution in [1.29, 1.82) is 0 Å². The van der Waals surface area contributed by atoms with Crippen LogP contribution < -0.4 is 0 Å². The largest absolute Gasteiger partial charge is 0.527 e. The van der Waals surface area contributed by atoms with Crippen LogP contribution >= 0.6 is 0 Å². The maximum absolute atomic E-state index is 13.6. The van der Waals surface area contributed by atoms with Gasteiger partial charge in [0.15, 0.2) is 0 Å². The van der Waals surface area contributed by atoms with E-state index in [0.29, 0.717) is 0 Å². The summed E-state index contributed by atoms with van der Waals surface area (Å²) in [7, 11) is -9.11. The standard InChI is InChI=1S/C13HF27O5S/c14-1(43-46(41,42)12(36,37)7(25,26)5(21,22)8(27,28)29)2(15,16)3(17,18)4(19,20)6(23,24)9(30,31)44-10(32,33)11(34,35)45-13(38,39)40/h1H. The first kappa shape index (κ1) is 43.9. The second-order valence-corrected chi connectivity index (χ2v) is 9.19. The molecular formula is C13HF27O5S. The van der Waals surface area contributed by atoms with Gasteiger partial charge in [-0.3, -0.25) is 0 Å². The van der Waals surface area contributed by atoms with Gasteiger partial charge in [0.25, 0.3) is 6.36 Å². The molecule has 0 bridgehead atoms. The highest BCUT2D eigenvalue weighted by molar-refractivity contribution is 7.87. The van der Waals surface area contributed by atoms with E-state index in [1.54, 1.807) is 0 Å². The summed E-state index contributed by atoms with van der Waals surface area (Å²) < 4.78 is 374. The zero-order valence-corrected chi connectivity index (χ0v) is 20.0. The van der Waals surface area contributed by atoms with Gasteiger partial charge in [-0.05, 0) is 0 Å². The van der Waals surface area contributed by atoms with Crippen molar-refractivity contribution in [3.05, 3.63) is 0 Å². The number of halogens is 27. The summed E-state index contributed by atoms with van der Waals surface area (Å²) in [6.45, 7) is 0. The van der Waals surface area contributed by atoms with Gasteiger partial charge in [0.2, 0.25) is 0 Å². The second-order valence-electron chi connectivity index (χ2n) is 7.58. The average molecular weight is 782 g/mol. The Hall–Kier alpha value is -2.06. The molecule has 0 spiro atoms. The highest BCUT2D eigenvalue weighted by atomic mass is 32.2. The van der Waals surface area contributed by atoms with Gasteiger partial charge in [0.1, 0.15) is 0 Å². The number of rotatable bonds is 14. The van der Waals surface area contributed by atoms with Crippen LogP contribution in [0.2, 0.25) is 0 Å². The van der Waals surface area contributed by atoms with E-state index in [2.05, 4.69) is 0 Å². The maximum Gasteiger partial charge on any atom is 0.527 e. The molecule has 0 aromatic carbocycles. The van der Waals surface area contributed by atoms with E-state index < -0.39 is 88.1 Å². The molecule has 0 amide bonds. The highest BCUT2D eigenvalue weighted by Gasteiger charge is 2.91. The van der Waals surface area contributed by atoms with E-state index in [9.17, 15) is 127 Å². The third-order valence-electron chi connectivity index (χ3n) is 4.34. The number of hydrogen-bond acceptors (Lipinski definition) is 5. The molecule has 0 aromatic heterocycles. The number of alkyl halides is 27. The van der Waals surface area contributed by atoms with Crippen molar-refractivity contribution < 1.29 is 141 Å². The van der Waals surface area contributed by atoms with Crippen molar-refractivity contribution in [3.8, 4) is 0 Å². The Morgan fingerprint density at radius 1 is 0.413 bits per heavy atom. The number of hydrogen-bond donors (Lipinski definition) is 0. The van der Waals surface area contributed by atoms with Crippen molar-refractivity contribution in [2.75, 3.05) is 0 Å². The minimum absolute atomic E-state index is 0.961. The quantitative estimate of drug-likeness (QED) is 0.133. The Labute approximate surface area is 230 Å². The lowest BCUT2D eigenvalue weighted by Crippen LogP contribution is -2.71. The Morgan fingerprint density at radius 3 is 1.09 bits per heavy atom. The molecule has 0 saturated heterocycles. The molecule has 0 rings (SSSR count). The van der Waals surface area contributed by atoms with Crippen molar-refractivity contribution in [1.82, 2.24) is 0 Å². The van der Waals surface area contributed by atoms with E-state index >= 15 is 0 Å². The molecular weight excluding hydrogens is 781 g/mol. The molecule has 0 fully saturated rings. The summed E-state index contributed by atoms with van der Waals surface area (Å²) in [5.74, 6) is -52.7. The fourth-order valence-corrected chi connectivity index (χ4v) is 2.88. The summed E-state index contributed by atoms with van der Waals surface area (Å²) in [5, 5.41) is -8.46. The lowest BCUT2D eigenvalue weighted by molar-refractivity contribution is -0.552. The molecule has 0 radical (unpaired) electrons. The summed E-state index contributed by atoms with van der Waals surface area (Å²) in [6, 6.07) is 0. The molecule has 33 heteroatoms. The molecule has 0 heterocycles. The lowest BCUT2D eigenvalue weighted by Gasteiger charge is -2.40. The summed E-state index contributed by atoms with van der Waals surface area (Å²) in [5.41, 5.74) is 0. The SMILES string of the molecule is O=S(=O)(OC(F)C(F)(F)C(F)(F)C(F)(F)C(F)(F)C(F)(F)OC(F)(F)C(F)(F)OC(F)(F)F)C(F)(F)C(F)(F)C(F)(F)C(F)(F)F. The second kappa shape index (κ2) is 11.2.